The van der Waals surface area contributed by atoms with Crippen LogP contribution < -0.4 is 5.32 Å². The highest BCUT2D eigenvalue weighted by Crippen LogP contribution is 2.04. The molecule has 0 aliphatic rings. The lowest BCUT2D eigenvalue weighted by Crippen LogP contribution is -2.09. The van der Waals surface area contributed by atoms with Gasteiger partial charge in [-0.15, -0.1) is 0 Å². The van der Waals surface area contributed by atoms with E-state index in [0.717, 1.165) is 24.4 Å². The number of hydrogen-bond donors (Lipinski definition) is 1. The number of hydrogen-bond acceptors (Lipinski definition) is 3. The van der Waals surface area contributed by atoms with Crippen LogP contribution in [0.15, 0.2) is 12.4 Å². The van der Waals surface area contributed by atoms with Gasteiger partial charge in [0.25, 0.3) is 0 Å². The van der Waals surface area contributed by atoms with Crippen molar-refractivity contribution in [3.8, 4) is 0 Å². The highest BCUT2D eigenvalue weighted by atomic mass is 14.9. The quantitative estimate of drug-likeness (QED) is 0.759. The Hall–Kier alpha value is -0.960. The first-order chi connectivity index (χ1) is 6.22. The maximum Gasteiger partial charge on any atom is 0.0727 e. The zero-order valence-corrected chi connectivity index (χ0v) is 8.54. The Labute approximate surface area is 79.6 Å². The Morgan fingerprint density at radius 3 is 2.62 bits per heavy atom. The first-order valence-electron chi connectivity index (χ1n) is 4.66. The van der Waals surface area contributed by atoms with Crippen LogP contribution in [-0.4, -0.2) is 17.0 Å². The summed E-state index contributed by atoms with van der Waals surface area (Å²) in [6, 6.07) is 0. The molecule has 0 atom stereocenters. The van der Waals surface area contributed by atoms with Gasteiger partial charge >= 0.3 is 0 Å². The van der Waals surface area contributed by atoms with E-state index in [1.807, 2.05) is 13.2 Å². The fourth-order valence-corrected chi connectivity index (χ4v) is 1.23. The Morgan fingerprint density at radius 2 is 2.00 bits per heavy atom. The molecular weight excluding hydrogens is 162 g/mol. The molecule has 0 amide bonds. The summed E-state index contributed by atoms with van der Waals surface area (Å²) in [5.41, 5.74) is 2.10. The van der Waals surface area contributed by atoms with Gasteiger partial charge in [0, 0.05) is 18.9 Å². The highest BCUT2D eigenvalue weighted by Gasteiger charge is 2.00. The van der Waals surface area contributed by atoms with Crippen LogP contribution in [0.5, 0.6) is 0 Å². The average Bonchev–Trinajstić information content (AvgIpc) is 2.04. The van der Waals surface area contributed by atoms with E-state index in [9.17, 15) is 0 Å². The van der Waals surface area contributed by atoms with E-state index in [1.54, 1.807) is 6.20 Å². The van der Waals surface area contributed by atoms with E-state index in [0.29, 0.717) is 5.92 Å². The second kappa shape index (κ2) is 4.92. The maximum atomic E-state index is 4.48. The van der Waals surface area contributed by atoms with Crippen LogP contribution in [0.2, 0.25) is 0 Å². The van der Waals surface area contributed by atoms with Crippen LogP contribution in [0.3, 0.4) is 0 Å². The standard InChI is InChI=1S/C10H17N3/c1-8(2)4-9-6-12-7-10(13-9)5-11-3/h6-8,11H,4-5H2,1-3H3. The van der Waals surface area contributed by atoms with E-state index >= 15 is 0 Å². The van der Waals surface area contributed by atoms with Crippen molar-refractivity contribution in [2.75, 3.05) is 7.05 Å². The van der Waals surface area contributed by atoms with Crippen LogP contribution in [0.1, 0.15) is 25.2 Å². The summed E-state index contributed by atoms with van der Waals surface area (Å²) in [6.45, 7) is 5.16. The number of rotatable bonds is 4. The number of nitrogens with one attached hydrogen (secondary N) is 1. The van der Waals surface area contributed by atoms with Crippen molar-refractivity contribution in [3.63, 3.8) is 0 Å². The molecule has 13 heavy (non-hydrogen) atoms. The van der Waals surface area contributed by atoms with Crippen LogP contribution >= 0.6 is 0 Å². The van der Waals surface area contributed by atoms with Gasteiger partial charge in [0.05, 0.1) is 11.4 Å². The summed E-state index contributed by atoms with van der Waals surface area (Å²) in [4.78, 5) is 8.63. The molecule has 0 saturated heterocycles. The third-order valence-corrected chi connectivity index (χ3v) is 1.71. The van der Waals surface area contributed by atoms with E-state index in [4.69, 9.17) is 0 Å². The third-order valence-electron chi connectivity index (χ3n) is 1.71. The Balaban J connectivity index is 2.67. The summed E-state index contributed by atoms with van der Waals surface area (Å²) in [6.07, 6.45) is 4.66. The second-order valence-corrected chi connectivity index (χ2v) is 3.63. The van der Waals surface area contributed by atoms with Gasteiger partial charge in [0.2, 0.25) is 0 Å². The molecule has 1 N–H and O–H groups in total. The molecule has 0 spiro atoms. The number of aromatic nitrogens is 2. The average molecular weight is 179 g/mol. The molecule has 1 heterocycles. The van der Waals surface area contributed by atoms with Crippen molar-refractivity contribution in [2.24, 2.45) is 5.92 Å². The predicted molar refractivity (Wildman–Crippen MR) is 53.3 cm³/mol. The molecule has 3 heteroatoms. The smallest absolute Gasteiger partial charge is 0.0727 e. The maximum absolute atomic E-state index is 4.48. The highest BCUT2D eigenvalue weighted by molar-refractivity contribution is 5.03. The topological polar surface area (TPSA) is 37.8 Å². The fraction of sp³-hybridized carbons (Fsp3) is 0.600. The molecule has 0 aliphatic heterocycles. The molecule has 1 aromatic rings. The zero-order valence-electron chi connectivity index (χ0n) is 8.54. The molecule has 72 valence electrons. The van der Waals surface area contributed by atoms with Gasteiger partial charge < -0.3 is 5.32 Å². The van der Waals surface area contributed by atoms with Crippen LogP contribution in [0, 0.1) is 5.92 Å². The fourth-order valence-electron chi connectivity index (χ4n) is 1.23. The van der Waals surface area contributed by atoms with Gasteiger partial charge in [-0.05, 0) is 19.4 Å². The minimum absolute atomic E-state index is 0.638. The molecule has 0 bridgehead atoms. The summed E-state index contributed by atoms with van der Waals surface area (Å²) >= 11 is 0. The number of nitrogens with zero attached hydrogens (tertiary/aromatic N) is 2. The minimum Gasteiger partial charge on any atom is -0.314 e. The van der Waals surface area contributed by atoms with Gasteiger partial charge in [-0.1, -0.05) is 13.8 Å². The van der Waals surface area contributed by atoms with Gasteiger partial charge in [-0.3, -0.25) is 9.97 Å². The van der Waals surface area contributed by atoms with Gasteiger partial charge in [0.1, 0.15) is 0 Å². The molecule has 0 aliphatic carbocycles. The van der Waals surface area contributed by atoms with E-state index in [1.165, 1.54) is 0 Å². The molecule has 0 saturated carbocycles. The third kappa shape index (κ3) is 3.51. The van der Waals surface area contributed by atoms with E-state index in [2.05, 4.69) is 29.1 Å². The van der Waals surface area contributed by atoms with Crippen molar-refractivity contribution in [3.05, 3.63) is 23.8 Å². The first kappa shape index (κ1) is 10.1. The lowest BCUT2D eigenvalue weighted by molar-refractivity contribution is 0.627. The minimum atomic E-state index is 0.638. The molecule has 0 aromatic carbocycles. The molecule has 1 rings (SSSR count). The lowest BCUT2D eigenvalue weighted by atomic mass is 10.1. The second-order valence-electron chi connectivity index (χ2n) is 3.63. The van der Waals surface area contributed by atoms with E-state index in [-0.39, 0.29) is 0 Å². The Bertz CT molecular complexity index is 258. The molecule has 0 radical (unpaired) electrons. The van der Waals surface area contributed by atoms with Crippen LogP contribution in [0.25, 0.3) is 0 Å². The van der Waals surface area contributed by atoms with E-state index < -0.39 is 0 Å². The first-order valence-corrected chi connectivity index (χ1v) is 4.66. The summed E-state index contributed by atoms with van der Waals surface area (Å²) in [5.74, 6) is 0.638. The molecular formula is C10H17N3. The van der Waals surface area contributed by atoms with Crippen molar-refractivity contribution in [2.45, 2.75) is 26.8 Å². The van der Waals surface area contributed by atoms with Gasteiger partial charge in [-0.2, -0.15) is 0 Å². The molecule has 0 unspecified atom stereocenters. The molecule has 3 nitrogen and oxygen atoms in total. The zero-order chi connectivity index (χ0) is 9.68. The van der Waals surface area contributed by atoms with Crippen molar-refractivity contribution < 1.29 is 0 Å². The SMILES string of the molecule is CNCc1cncc(CC(C)C)n1. The summed E-state index contributed by atoms with van der Waals surface area (Å²) < 4.78 is 0. The normalized spacial score (nSPS) is 10.8. The predicted octanol–water partition coefficient (Wildman–Crippen LogP) is 1.39. The van der Waals surface area contributed by atoms with Crippen molar-refractivity contribution in [1.82, 2.24) is 15.3 Å². The summed E-state index contributed by atoms with van der Waals surface area (Å²) in [5, 5.41) is 3.06. The van der Waals surface area contributed by atoms with Crippen molar-refractivity contribution in [1.29, 1.82) is 0 Å². The van der Waals surface area contributed by atoms with Gasteiger partial charge in [0.15, 0.2) is 0 Å². The van der Waals surface area contributed by atoms with Crippen molar-refractivity contribution >= 4 is 0 Å². The molecule has 1 aromatic heterocycles. The lowest BCUT2D eigenvalue weighted by Gasteiger charge is -2.05. The summed E-state index contributed by atoms with van der Waals surface area (Å²) in [7, 11) is 1.91. The Morgan fingerprint density at radius 1 is 1.31 bits per heavy atom. The largest absolute Gasteiger partial charge is 0.314 e. The Kier molecular flexibility index (Phi) is 3.83. The van der Waals surface area contributed by atoms with Crippen LogP contribution in [0.4, 0.5) is 0 Å². The molecule has 0 fully saturated rings. The van der Waals surface area contributed by atoms with Gasteiger partial charge in [-0.25, -0.2) is 0 Å². The van der Waals surface area contributed by atoms with Crippen LogP contribution in [-0.2, 0) is 13.0 Å². The monoisotopic (exact) mass is 179 g/mol.